The molecule has 0 heterocycles. The second-order valence-corrected chi connectivity index (χ2v) is 6.76. The summed E-state index contributed by atoms with van der Waals surface area (Å²) in [6, 6.07) is 4.45. The standard InChI is InChI=1S/C13H20N2O3S/c1-9(2)13(16)12-4-3-11(7-10(12)8-15)19(17,18)6-5-14/h3-4,7,9H,5-6,8,14-15H2,1-2H3. The van der Waals surface area contributed by atoms with Crippen molar-refractivity contribution >= 4 is 15.6 Å². The first-order chi connectivity index (χ1) is 8.83. The van der Waals surface area contributed by atoms with E-state index < -0.39 is 9.84 Å². The molecule has 5 nitrogen and oxygen atoms in total. The Hall–Kier alpha value is -1.24. The first-order valence-corrected chi connectivity index (χ1v) is 7.78. The molecule has 0 bridgehead atoms. The number of carbonyl (C=O) groups excluding carboxylic acids is 1. The molecule has 0 aliphatic carbocycles. The maximum atomic E-state index is 12.0. The topological polar surface area (TPSA) is 103 Å². The number of sulfone groups is 1. The quantitative estimate of drug-likeness (QED) is 0.749. The van der Waals surface area contributed by atoms with Gasteiger partial charge >= 0.3 is 0 Å². The molecule has 1 rings (SSSR count). The Morgan fingerprint density at radius 1 is 1.26 bits per heavy atom. The van der Waals surface area contributed by atoms with Gasteiger partial charge in [-0.2, -0.15) is 0 Å². The Morgan fingerprint density at radius 3 is 2.37 bits per heavy atom. The van der Waals surface area contributed by atoms with Crippen molar-refractivity contribution in [3.63, 3.8) is 0 Å². The summed E-state index contributed by atoms with van der Waals surface area (Å²) >= 11 is 0. The number of benzene rings is 1. The Bertz CT molecular complexity index is 565. The van der Waals surface area contributed by atoms with Crippen LogP contribution in [-0.2, 0) is 16.4 Å². The van der Waals surface area contributed by atoms with Gasteiger partial charge in [0.2, 0.25) is 0 Å². The number of hydrogen-bond acceptors (Lipinski definition) is 5. The van der Waals surface area contributed by atoms with E-state index in [1.54, 1.807) is 13.8 Å². The molecule has 6 heteroatoms. The molecule has 4 N–H and O–H groups in total. The van der Waals surface area contributed by atoms with Gasteiger partial charge < -0.3 is 11.5 Å². The van der Waals surface area contributed by atoms with Crippen molar-refractivity contribution < 1.29 is 13.2 Å². The summed E-state index contributed by atoms with van der Waals surface area (Å²) < 4.78 is 23.8. The molecule has 0 fully saturated rings. The number of hydrogen-bond donors (Lipinski definition) is 2. The monoisotopic (exact) mass is 284 g/mol. The molecule has 0 unspecified atom stereocenters. The molecule has 0 amide bonds. The molecule has 0 spiro atoms. The van der Waals surface area contributed by atoms with Gasteiger partial charge in [-0.05, 0) is 23.8 Å². The zero-order chi connectivity index (χ0) is 14.6. The van der Waals surface area contributed by atoms with E-state index in [4.69, 9.17) is 11.5 Å². The lowest BCUT2D eigenvalue weighted by Gasteiger charge is -2.11. The van der Waals surface area contributed by atoms with E-state index in [0.29, 0.717) is 11.1 Å². The largest absolute Gasteiger partial charge is 0.329 e. The summed E-state index contributed by atoms with van der Waals surface area (Å²) in [5, 5.41) is 0. The molecule has 1 aromatic rings. The SMILES string of the molecule is CC(C)C(=O)c1ccc(S(=O)(=O)CCN)cc1CN. The fourth-order valence-electron chi connectivity index (χ4n) is 1.76. The average molecular weight is 284 g/mol. The van der Waals surface area contributed by atoms with E-state index in [2.05, 4.69) is 0 Å². The van der Waals surface area contributed by atoms with Crippen molar-refractivity contribution in [3.05, 3.63) is 29.3 Å². The van der Waals surface area contributed by atoms with E-state index in [1.807, 2.05) is 0 Å². The predicted octanol–water partition coefficient (Wildman–Crippen LogP) is 0.716. The van der Waals surface area contributed by atoms with Crippen LogP contribution in [0.2, 0.25) is 0 Å². The van der Waals surface area contributed by atoms with Crippen molar-refractivity contribution in [2.24, 2.45) is 17.4 Å². The highest BCUT2D eigenvalue weighted by atomic mass is 32.2. The van der Waals surface area contributed by atoms with Crippen LogP contribution in [0.15, 0.2) is 23.1 Å². The molecule has 0 atom stereocenters. The highest BCUT2D eigenvalue weighted by molar-refractivity contribution is 7.91. The smallest absolute Gasteiger partial charge is 0.179 e. The molecule has 19 heavy (non-hydrogen) atoms. The fraction of sp³-hybridized carbons (Fsp3) is 0.462. The van der Waals surface area contributed by atoms with Crippen LogP contribution >= 0.6 is 0 Å². The van der Waals surface area contributed by atoms with Gasteiger partial charge in [-0.3, -0.25) is 4.79 Å². The molecular weight excluding hydrogens is 264 g/mol. The number of Topliss-reactive ketones (excluding diaryl/α,β-unsaturated/α-hetero) is 1. The molecule has 106 valence electrons. The first-order valence-electron chi connectivity index (χ1n) is 6.13. The summed E-state index contributed by atoms with van der Waals surface area (Å²) in [6.07, 6.45) is 0. The van der Waals surface area contributed by atoms with Gasteiger partial charge in [-0.15, -0.1) is 0 Å². The van der Waals surface area contributed by atoms with Crippen molar-refractivity contribution in [2.75, 3.05) is 12.3 Å². The Labute approximate surface area is 113 Å². The summed E-state index contributed by atoms with van der Waals surface area (Å²) in [6.45, 7) is 3.77. The van der Waals surface area contributed by atoms with E-state index in [9.17, 15) is 13.2 Å². The highest BCUT2D eigenvalue weighted by Gasteiger charge is 2.19. The maximum absolute atomic E-state index is 12.0. The van der Waals surface area contributed by atoms with Gasteiger partial charge in [0.25, 0.3) is 0 Å². The van der Waals surface area contributed by atoms with Crippen molar-refractivity contribution in [1.29, 1.82) is 0 Å². The van der Waals surface area contributed by atoms with Gasteiger partial charge in [0.05, 0.1) is 10.6 Å². The van der Waals surface area contributed by atoms with Gasteiger partial charge in [-0.25, -0.2) is 8.42 Å². The van der Waals surface area contributed by atoms with Gasteiger partial charge in [0.15, 0.2) is 15.6 Å². The van der Waals surface area contributed by atoms with Gasteiger partial charge in [-0.1, -0.05) is 13.8 Å². The van der Waals surface area contributed by atoms with Crippen LogP contribution in [0.1, 0.15) is 29.8 Å². The lowest BCUT2D eigenvalue weighted by Crippen LogP contribution is -2.18. The average Bonchev–Trinajstić information content (AvgIpc) is 2.36. The van der Waals surface area contributed by atoms with E-state index in [1.165, 1.54) is 18.2 Å². The van der Waals surface area contributed by atoms with Crippen LogP contribution in [0.25, 0.3) is 0 Å². The molecule has 0 aromatic heterocycles. The molecule has 0 aliphatic rings. The summed E-state index contributed by atoms with van der Waals surface area (Å²) in [5.41, 5.74) is 11.9. The van der Waals surface area contributed by atoms with Crippen LogP contribution in [0.4, 0.5) is 0 Å². The minimum atomic E-state index is -3.40. The van der Waals surface area contributed by atoms with E-state index >= 15 is 0 Å². The first kappa shape index (κ1) is 15.8. The van der Waals surface area contributed by atoms with Crippen LogP contribution < -0.4 is 11.5 Å². The summed E-state index contributed by atoms with van der Waals surface area (Å²) in [5.74, 6) is -0.311. The minimum absolute atomic E-state index is 0.0387. The normalized spacial score (nSPS) is 11.8. The molecule has 0 radical (unpaired) electrons. The van der Waals surface area contributed by atoms with Crippen LogP contribution in [0, 0.1) is 5.92 Å². The van der Waals surface area contributed by atoms with Crippen molar-refractivity contribution in [1.82, 2.24) is 0 Å². The molecule has 0 saturated heterocycles. The molecular formula is C13H20N2O3S. The second-order valence-electron chi connectivity index (χ2n) is 4.65. The van der Waals surface area contributed by atoms with Gasteiger partial charge in [0.1, 0.15) is 0 Å². The lowest BCUT2D eigenvalue weighted by molar-refractivity contribution is 0.0938. The number of nitrogens with two attached hydrogens (primary N) is 2. The number of carbonyl (C=O) groups is 1. The highest BCUT2D eigenvalue weighted by Crippen LogP contribution is 2.19. The third kappa shape index (κ3) is 3.62. The third-order valence-corrected chi connectivity index (χ3v) is 4.58. The molecule has 0 aliphatic heterocycles. The second kappa shape index (κ2) is 6.27. The lowest BCUT2D eigenvalue weighted by atomic mass is 9.96. The van der Waals surface area contributed by atoms with E-state index in [-0.39, 0.29) is 35.4 Å². The van der Waals surface area contributed by atoms with Crippen LogP contribution in [0.3, 0.4) is 0 Å². The Morgan fingerprint density at radius 2 is 1.89 bits per heavy atom. The fourth-order valence-corrected chi connectivity index (χ4v) is 2.90. The summed E-state index contributed by atoms with van der Waals surface area (Å²) in [4.78, 5) is 12.2. The zero-order valence-corrected chi connectivity index (χ0v) is 12.0. The minimum Gasteiger partial charge on any atom is -0.329 e. The van der Waals surface area contributed by atoms with Gasteiger partial charge in [0, 0.05) is 24.6 Å². The Kier molecular flexibility index (Phi) is 5.22. The molecule has 1 aromatic carbocycles. The molecule has 0 saturated carbocycles. The maximum Gasteiger partial charge on any atom is 0.179 e. The zero-order valence-electron chi connectivity index (χ0n) is 11.2. The third-order valence-electron chi connectivity index (χ3n) is 2.83. The van der Waals surface area contributed by atoms with E-state index in [0.717, 1.165) is 0 Å². The number of rotatable bonds is 6. The summed E-state index contributed by atoms with van der Waals surface area (Å²) in [7, 11) is -3.40. The predicted molar refractivity (Wildman–Crippen MR) is 74.6 cm³/mol. The van der Waals surface area contributed by atoms with Crippen LogP contribution in [0.5, 0.6) is 0 Å². The van der Waals surface area contributed by atoms with Crippen LogP contribution in [-0.4, -0.2) is 26.5 Å². The Balaban J connectivity index is 3.28. The van der Waals surface area contributed by atoms with Crippen molar-refractivity contribution in [2.45, 2.75) is 25.3 Å². The number of ketones is 1. The van der Waals surface area contributed by atoms with Crippen molar-refractivity contribution in [3.8, 4) is 0 Å².